The Morgan fingerprint density at radius 2 is 1.51 bits per heavy atom. The number of nitrogens with one attached hydrogen (secondary N) is 1. The number of benzene rings is 3. The van der Waals surface area contributed by atoms with Crippen LogP contribution in [0.1, 0.15) is 17.5 Å². The fourth-order valence-electron chi connectivity index (χ4n) is 4.13. The molecule has 35 heavy (non-hydrogen) atoms. The molecule has 3 aromatic rings. The molecule has 0 unspecified atom stereocenters. The zero-order valence-corrected chi connectivity index (χ0v) is 20.5. The smallest absolute Gasteiger partial charge is 0.119 e. The summed E-state index contributed by atoms with van der Waals surface area (Å²) in [5, 5.41) is 3.49. The summed E-state index contributed by atoms with van der Waals surface area (Å²) in [5.74, 6) is 1.75. The molecular weight excluding hydrogens is 440 g/mol. The Morgan fingerprint density at radius 3 is 2.29 bits per heavy atom. The van der Waals surface area contributed by atoms with Gasteiger partial charge >= 0.3 is 0 Å². The van der Waals surface area contributed by atoms with Crippen LogP contribution in [0.15, 0.2) is 78.9 Å². The second-order valence-electron chi connectivity index (χ2n) is 8.65. The van der Waals surface area contributed by atoms with Gasteiger partial charge < -0.3 is 29.2 Å². The van der Waals surface area contributed by atoms with Gasteiger partial charge in [0.1, 0.15) is 11.5 Å². The molecule has 4 rings (SSSR count). The first kappa shape index (κ1) is 25.0. The topological polar surface area (TPSA) is 52.2 Å². The molecule has 6 heteroatoms. The molecule has 0 amide bonds. The summed E-state index contributed by atoms with van der Waals surface area (Å²) >= 11 is 0. The number of piperazine rings is 1. The highest BCUT2D eigenvalue weighted by Crippen LogP contribution is 2.23. The number of anilines is 1. The maximum absolute atomic E-state index is 6.06. The Bertz CT molecular complexity index is 980. The molecule has 3 aromatic carbocycles. The molecule has 186 valence electrons. The van der Waals surface area contributed by atoms with E-state index in [1.165, 1.54) is 11.3 Å². The Hall–Kier alpha value is -3.06. The zero-order chi connectivity index (χ0) is 24.1. The van der Waals surface area contributed by atoms with Crippen LogP contribution in [0.3, 0.4) is 0 Å². The van der Waals surface area contributed by atoms with Gasteiger partial charge in [-0.1, -0.05) is 42.5 Å². The van der Waals surface area contributed by atoms with Gasteiger partial charge in [0.15, 0.2) is 0 Å². The van der Waals surface area contributed by atoms with E-state index in [9.17, 15) is 0 Å². The molecule has 6 nitrogen and oxygen atoms in total. The van der Waals surface area contributed by atoms with E-state index in [1.54, 1.807) is 7.11 Å². The van der Waals surface area contributed by atoms with Gasteiger partial charge in [0.05, 0.1) is 46.2 Å². The average Bonchev–Trinajstić information content (AvgIpc) is 2.92. The standard InChI is InChI=1S/C29H36N2O4/c1-32-28-12-8-25(9-13-28)22-34-23-27-20-30-16-17-31(27)26-10-14-29(15-11-26)35-19-5-18-33-21-24-6-3-2-4-7-24/h2-4,6-15,27,30H,5,16-23H2,1H3/t27-/m1/s1. The summed E-state index contributed by atoms with van der Waals surface area (Å²) in [7, 11) is 1.68. The highest BCUT2D eigenvalue weighted by Gasteiger charge is 2.22. The Balaban J connectivity index is 1.18. The molecule has 0 radical (unpaired) electrons. The first-order valence-electron chi connectivity index (χ1n) is 12.3. The molecule has 0 aliphatic carbocycles. The first-order chi connectivity index (χ1) is 17.3. The van der Waals surface area contributed by atoms with Crippen molar-refractivity contribution in [1.29, 1.82) is 0 Å². The van der Waals surface area contributed by atoms with Crippen molar-refractivity contribution in [1.82, 2.24) is 5.32 Å². The molecule has 1 saturated heterocycles. The molecule has 1 atom stereocenters. The van der Waals surface area contributed by atoms with Crippen LogP contribution in [0.25, 0.3) is 0 Å². The normalized spacial score (nSPS) is 15.7. The third-order valence-electron chi connectivity index (χ3n) is 6.07. The maximum atomic E-state index is 6.06. The molecule has 1 N–H and O–H groups in total. The summed E-state index contributed by atoms with van der Waals surface area (Å²) in [4.78, 5) is 2.42. The van der Waals surface area contributed by atoms with E-state index >= 15 is 0 Å². The average molecular weight is 477 g/mol. The minimum absolute atomic E-state index is 0.288. The predicted molar refractivity (Wildman–Crippen MR) is 139 cm³/mol. The summed E-state index contributed by atoms with van der Waals surface area (Å²) in [6, 6.07) is 26.9. The third-order valence-corrected chi connectivity index (χ3v) is 6.07. The second kappa shape index (κ2) is 13.7. The molecule has 0 aromatic heterocycles. The molecule has 0 spiro atoms. The number of methoxy groups -OCH3 is 1. The number of hydrogen-bond donors (Lipinski definition) is 1. The van der Waals surface area contributed by atoms with E-state index in [4.69, 9.17) is 18.9 Å². The maximum Gasteiger partial charge on any atom is 0.119 e. The molecule has 0 saturated carbocycles. The number of rotatable bonds is 13. The largest absolute Gasteiger partial charge is 0.497 e. The van der Waals surface area contributed by atoms with E-state index in [2.05, 4.69) is 46.6 Å². The summed E-state index contributed by atoms with van der Waals surface area (Å²) in [6.07, 6.45) is 0.861. The van der Waals surface area contributed by atoms with Gasteiger partial charge in [-0.2, -0.15) is 0 Å². The fraction of sp³-hybridized carbons (Fsp3) is 0.379. The second-order valence-corrected chi connectivity index (χ2v) is 8.65. The molecule has 0 bridgehead atoms. The van der Waals surface area contributed by atoms with E-state index in [-0.39, 0.29) is 6.04 Å². The van der Waals surface area contributed by atoms with E-state index < -0.39 is 0 Å². The van der Waals surface area contributed by atoms with E-state index in [1.807, 2.05) is 42.5 Å². The van der Waals surface area contributed by atoms with Crippen molar-refractivity contribution in [3.05, 3.63) is 90.0 Å². The molecule has 1 aliphatic rings. The number of hydrogen-bond acceptors (Lipinski definition) is 6. The lowest BCUT2D eigenvalue weighted by atomic mass is 10.1. The van der Waals surface area contributed by atoms with Crippen molar-refractivity contribution >= 4 is 5.69 Å². The Labute approximate surface area is 208 Å². The highest BCUT2D eigenvalue weighted by atomic mass is 16.5. The van der Waals surface area contributed by atoms with Crippen LogP contribution in [0, 0.1) is 0 Å². The van der Waals surface area contributed by atoms with E-state index in [0.29, 0.717) is 33.0 Å². The molecule has 1 aliphatic heterocycles. The molecule has 1 fully saturated rings. The number of nitrogens with zero attached hydrogens (tertiary/aromatic N) is 1. The van der Waals surface area contributed by atoms with Crippen LogP contribution in [0.5, 0.6) is 11.5 Å². The zero-order valence-electron chi connectivity index (χ0n) is 20.5. The predicted octanol–water partition coefficient (Wildman–Crippen LogP) is 4.68. The SMILES string of the molecule is COc1ccc(COC[C@H]2CNCCN2c2ccc(OCCCOCc3ccccc3)cc2)cc1. The van der Waals surface area contributed by atoms with Crippen molar-refractivity contribution < 1.29 is 18.9 Å². The summed E-state index contributed by atoms with van der Waals surface area (Å²) in [6.45, 7) is 6.06. The van der Waals surface area contributed by atoms with Gasteiger partial charge in [0.25, 0.3) is 0 Å². The van der Waals surface area contributed by atoms with Gasteiger partial charge in [-0.3, -0.25) is 0 Å². The van der Waals surface area contributed by atoms with Gasteiger partial charge in [-0.15, -0.1) is 0 Å². The van der Waals surface area contributed by atoms with Gasteiger partial charge in [-0.05, 0) is 47.5 Å². The third kappa shape index (κ3) is 7.99. The van der Waals surface area contributed by atoms with Crippen LogP contribution in [0.2, 0.25) is 0 Å². The molecular formula is C29H36N2O4. The minimum Gasteiger partial charge on any atom is -0.497 e. The van der Waals surface area contributed by atoms with Gasteiger partial charge in [0.2, 0.25) is 0 Å². The van der Waals surface area contributed by atoms with Crippen LogP contribution in [-0.2, 0) is 22.7 Å². The van der Waals surface area contributed by atoms with Crippen molar-refractivity contribution in [2.24, 2.45) is 0 Å². The minimum atomic E-state index is 0.288. The lowest BCUT2D eigenvalue weighted by Crippen LogP contribution is -2.53. The van der Waals surface area contributed by atoms with Crippen LogP contribution in [0.4, 0.5) is 5.69 Å². The lowest BCUT2D eigenvalue weighted by molar-refractivity contribution is 0.102. The first-order valence-corrected chi connectivity index (χ1v) is 12.3. The Morgan fingerprint density at radius 1 is 0.800 bits per heavy atom. The highest BCUT2D eigenvalue weighted by molar-refractivity contribution is 5.50. The van der Waals surface area contributed by atoms with Crippen molar-refractivity contribution in [2.75, 3.05) is 51.5 Å². The lowest BCUT2D eigenvalue weighted by Gasteiger charge is -2.38. The van der Waals surface area contributed by atoms with Crippen LogP contribution >= 0.6 is 0 Å². The summed E-state index contributed by atoms with van der Waals surface area (Å²) in [5.41, 5.74) is 3.54. The van der Waals surface area contributed by atoms with Crippen molar-refractivity contribution in [3.63, 3.8) is 0 Å². The van der Waals surface area contributed by atoms with Crippen LogP contribution < -0.4 is 19.7 Å². The van der Waals surface area contributed by atoms with Crippen molar-refractivity contribution in [3.8, 4) is 11.5 Å². The quantitative estimate of drug-likeness (QED) is 0.362. The fourth-order valence-corrected chi connectivity index (χ4v) is 4.13. The van der Waals surface area contributed by atoms with Crippen LogP contribution in [-0.4, -0.2) is 52.6 Å². The van der Waals surface area contributed by atoms with Gasteiger partial charge in [0, 0.05) is 31.7 Å². The Kier molecular flexibility index (Phi) is 9.83. The molecule has 1 heterocycles. The van der Waals surface area contributed by atoms with E-state index in [0.717, 1.165) is 43.1 Å². The number of ether oxygens (including phenoxy) is 4. The van der Waals surface area contributed by atoms with Gasteiger partial charge in [-0.25, -0.2) is 0 Å². The summed E-state index contributed by atoms with van der Waals surface area (Å²) < 4.78 is 22.9. The monoisotopic (exact) mass is 476 g/mol. The van der Waals surface area contributed by atoms with Crippen molar-refractivity contribution in [2.45, 2.75) is 25.7 Å².